The minimum Gasteiger partial charge on any atom is -0.346 e. The van der Waals surface area contributed by atoms with E-state index in [2.05, 4.69) is 10.6 Å². The third-order valence-electron chi connectivity index (χ3n) is 4.24. The number of benzene rings is 1. The van der Waals surface area contributed by atoms with Crippen LogP contribution in [0, 0.1) is 12.8 Å². The van der Waals surface area contributed by atoms with Gasteiger partial charge < -0.3 is 16.4 Å². The van der Waals surface area contributed by atoms with Gasteiger partial charge in [-0.05, 0) is 30.5 Å². The molecule has 160 valence electrons. The Morgan fingerprint density at radius 3 is 2.25 bits per heavy atom. The molecule has 0 aliphatic carbocycles. The summed E-state index contributed by atoms with van der Waals surface area (Å²) in [6.07, 6.45) is 0. The van der Waals surface area contributed by atoms with Gasteiger partial charge in [-0.15, -0.1) is 12.4 Å². The molecule has 0 saturated carbocycles. The molecule has 0 aliphatic heterocycles. The molecule has 28 heavy (non-hydrogen) atoms. The summed E-state index contributed by atoms with van der Waals surface area (Å²) >= 11 is 0. The molecule has 0 bridgehead atoms. The van der Waals surface area contributed by atoms with E-state index in [1.165, 1.54) is 10.4 Å². The van der Waals surface area contributed by atoms with E-state index in [9.17, 15) is 18.0 Å². The van der Waals surface area contributed by atoms with Crippen molar-refractivity contribution in [3.63, 3.8) is 0 Å². The van der Waals surface area contributed by atoms with Gasteiger partial charge in [0, 0.05) is 18.8 Å². The Balaban J connectivity index is 0.00000729. The van der Waals surface area contributed by atoms with Crippen molar-refractivity contribution in [2.45, 2.75) is 45.6 Å². The van der Waals surface area contributed by atoms with Crippen LogP contribution in [0.4, 0.5) is 5.69 Å². The summed E-state index contributed by atoms with van der Waals surface area (Å²) in [5.74, 6) is -0.916. The lowest BCUT2D eigenvalue weighted by Gasteiger charge is -2.20. The molecule has 2 amide bonds. The molecule has 1 aromatic rings. The Labute approximate surface area is 173 Å². The minimum absolute atomic E-state index is 0. The van der Waals surface area contributed by atoms with Crippen LogP contribution in [0.3, 0.4) is 0 Å². The number of sulfonamides is 1. The number of hydrogen-bond acceptors (Lipinski definition) is 5. The van der Waals surface area contributed by atoms with Crippen molar-refractivity contribution in [3.05, 3.63) is 23.8 Å². The summed E-state index contributed by atoms with van der Waals surface area (Å²) < 4.78 is 26.9. The monoisotopic (exact) mass is 434 g/mol. The highest BCUT2D eigenvalue weighted by Gasteiger charge is 2.24. The summed E-state index contributed by atoms with van der Waals surface area (Å²) in [5, 5.41) is 5.08. The third kappa shape index (κ3) is 6.73. The van der Waals surface area contributed by atoms with Crippen LogP contribution in [-0.4, -0.2) is 50.2 Å². The number of carbonyl (C=O) groups is 2. The lowest BCUT2D eigenvalue weighted by molar-refractivity contribution is -0.125. The maximum Gasteiger partial charge on any atom is 0.243 e. The Hall–Kier alpha value is -1.68. The van der Waals surface area contributed by atoms with Gasteiger partial charge in [0.2, 0.25) is 21.8 Å². The van der Waals surface area contributed by atoms with Gasteiger partial charge in [-0.25, -0.2) is 8.42 Å². The van der Waals surface area contributed by atoms with Crippen LogP contribution in [0.2, 0.25) is 0 Å². The number of nitrogens with two attached hydrogens (primary N) is 1. The molecule has 1 atom stereocenters. The highest BCUT2D eigenvalue weighted by molar-refractivity contribution is 7.89. The zero-order valence-corrected chi connectivity index (χ0v) is 18.6. The first-order chi connectivity index (χ1) is 12.5. The Morgan fingerprint density at radius 1 is 1.18 bits per heavy atom. The highest BCUT2D eigenvalue weighted by atomic mass is 35.5. The second kappa shape index (κ2) is 11.4. The summed E-state index contributed by atoms with van der Waals surface area (Å²) in [6.45, 7) is 9.34. The third-order valence-corrected chi connectivity index (χ3v) is 6.43. The predicted octanol–water partition coefficient (Wildman–Crippen LogP) is 1.49. The number of nitrogens with zero attached hydrogens (tertiary/aromatic N) is 1. The predicted molar refractivity (Wildman–Crippen MR) is 113 cm³/mol. The van der Waals surface area contributed by atoms with Gasteiger partial charge in [0.1, 0.15) is 0 Å². The van der Waals surface area contributed by atoms with Gasteiger partial charge in [0.05, 0.1) is 17.5 Å². The zero-order valence-electron chi connectivity index (χ0n) is 17.0. The summed E-state index contributed by atoms with van der Waals surface area (Å²) in [4.78, 5) is 24.0. The maximum atomic E-state index is 12.7. The first-order valence-corrected chi connectivity index (χ1v) is 10.4. The molecule has 0 unspecified atom stereocenters. The van der Waals surface area contributed by atoms with Gasteiger partial charge in [-0.2, -0.15) is 4.31 Å². The molecule has 10 heteroatoms. The number of amides is 2. The van der Waals surface area contributed by atoms with Gasteiger partial charge in [0.15, 0.2) is 0 Å². The number of rotatable bonds is 9. The van der Waals surface area contributed by atoms with E-state index in [-0.39, 0.29) is 29.8 Å². The molecular formula is C18H31ClN4O4S. The molecule has 4 N–H and O–H groups in total. The normalized spacial score (nSPS) is 12.4. The number of aryl methyl sites for hydroxylation is 1. The zero-order chi connectivity index (χ0) is 20.8. The van der Waals surface area contributed by atoms with Crippen LogP contribution >= 0.6 is 12.4 Å². The summed E-state index contributed by atoms with van der Waals surface area (Å²) in [7, 11) is -3.64. The summed E-state index contributed by atoms with van der Waals surface area (Å²) in [6, 6.07) is 4.00. The molecule has 0 radical (unpaired) electrons. The lowest BCUT2D eigenvalue weighted by Crippen LogP contribution is -2.46. The van der Waals surface area contributed by atoms with Crippen LogP contribution in [0.5, 0.6) is 0 Å². The molecule has 1 rings (SSSR count). The highest BCUT2D eigenvalue weighted by Crippen LogP contribution is 2.23. The first-order valence-electron chi connectivity index (χ1n) is 8.98. The molecule has 1 aromatic carbocycles. The van der Waals surface area contributed by atoms with Crippen molar-refractivity contribution in [2.24, 2.45) is 11.7 Å². The van der Waals surface area contributed by atoms with Crippen LogP contribution in [0.25, 0.3) is 0 Å². The number of hydrogen-bond donors (Lipinski definition) is 3. The van der Waals surface area contributed by atoms with Crippen LogP contribution < -0.4 is 16.4 Å². The number of halogens is 1. The SMILES string of the molecule is CCN(CC)S(=O)(=O)c1cc(NC(=O)CNC(=O)[C@@H](N)C(C)C)ccc1C.Cl. The van der Waals surface area contributed by atoms with Crippen LogP contribution in [0.15, 0.2) is 23.1 Å². The van der Waals surface area contributed by atoms with Gasteiger partial charge in [-0.3, -0.25) is 9.59 Å². The summed E-state index contributed by atoms with van der Waals surface area (Å²) in [5.41, 5.74) is 6.66. The van der Waals surface area contributed by atoms with E-state index >= 15 is 0 Å². The van der Waals surface area contributed by atoms with Gasteiger partial charge >= 0.3 is 0 Å². The van der Waals surface area contributed by atoms with Crippen molar-refractivity contribution >= 4 is 39.9 Å². The second-order valence-electron chi connectivity index (χ2n) is 6.61. The van der Waals surface area contributed by atoms with E-state index in [4.69, 9.17) is 5.73 Å². The second-order valence-corrected chi connectivity index (χ2v) is 8.51. The van der Waals surface area contributed by atoms with Gasteiger partial charge in [0.25, 0.3) is 0 Å². The molecule has 8 nitrogen and oxygen atoms in total. The Bertz CT molecular complexity index is 780. The van der Waals surface area contributed by atoms with E-state index in [1.54, 1.807) is 32.9 Å². The Kier molecular flexibility index (Phi) is 10.7. The van der Waals surface area contributed by atoms with Crippen LogP contribution in [0.1, 0.15) is 33.3 Å². The molecule has 0 aromatic heterocycles. The Morgan fingerprint density at radius 2 is 1.75 bits per heavy atom. The molecular weight excluding hydrogens is 404 g/mol. The molecule has 0 saturated heterocycles. The number of nitrogens with one attached hydrogen (secondary N) is 2. The largest absolute Gasteiger partial charge is 0.346 e. The standard InChI is InChI=1S/C18H30N4O4S.ClH/c1-6-22(7-2)27(25,26)15-10-14(9-8-13(15)5)21-16(23)11-20-18(24)17(19)12(3)4;/h8-10,12,17H,6-7,11,19H2,1-5H3,(H,20,24)(H,21,23);1H/t17-;/m0./s1. The van der Waals surface area contributed by atoms with Crippen molar-refractivity contribution < 1.29 is 18.0 Å². The fourth-order valence-electron chi connectivity index (χ4n) is 2.45. The average molecular weight is 435 g/mol. The number of anilines is 1. The fourth-order valence-corrected chi connectivity index (χ4v) is 4.16. The quantitative estimate of drug-likeness (QED) is 0.543. The van der Waals surface area contributed by atoms with E-state index < -0.39 is 27.9 Å². The van der Waals surface area contributed by atoms with Crippen molar-refractivity contribution in [1.29, 1.82) is 0 Å². The van der Waals surface area contributed by atoms with Crippen molar-refractivity contribution in [1.82, 2.24) is 9.62 Å². The molecule has 0 heterocycles. The van der Waals surface area contributed by atoms with Crippen molar-refractivity contribution in [2.75, 3.05) is 25.0 Å². The smallest absolute Gasteiger partial charge is 0.243 e. The fraction of sp³-hybridized carbons (Fsp3) is 0.556. The molecule has 0 aliphatic rings. The van der Waals surface area contributed by atoms with Gasteiger partial charge in [-0.1, -0.05) is 33.8 Å². The molecule has 0 fully saturated rings. The molecule has 0 spiro atoms. The minimum atomic E-state index is -3.64. The van der Waals surface area contributed by atoms with Crippen LogP contribution in [-0.2, 0) is 19.6 Å². The van der Waals surface area contributed by atoms with E-state index in [0.29, 0.717) is 24.3 Å². The maximum absolute atomic E-state index is 12.7. The van der Waals surface area contributed by atoms with E-state index in [0.717, 1.165) is 0 Å². The lowest BCUT2D eigenvalue weighted by atomic mass is 10.1. The van der Waals surface area contributed by atoms with E-state index in [1.807, 2.05) is 13.8 Å². The number of carbonyl (C=O) groups excluding carboxylic acids is 2. The topological polar surface area (TPSA) is 122 Å². The first kappa shape index (κ1) is 26.3. The average Bonchev–Trinajstić information content (AvgIpc) is 2.61. The van der Waals surface area contributed by atoms with Crippen molar-refractivity contribution in [3.8, 4) is 0 Å².